The van der Waals surface area contributed by atoms with E-state index >= 15 is 0 Å². The number of carbonyl (C=O) groups excluding carboxylic acids is 1. The number of hydrogen-bond acceptors (Lipinski definition) is 7. The lowest BCUT2D eigenvalue weighted by Crippen LogP contribution is -2.54. The van der Waals surface area contributed by atoms with E-state index in [1.54, 1.807) is 42.6 Å². The molecule has 1 unspecified atom stereocenters. The van der Waals surface area contributed by atoms with Gasteiger partial charge in [0, 0.05) is 62.5 Å². The third-order valence-electron chi connectivity index (χ3n) is 6.17. The summed E-state index contributed by atoms with van der Waals surface area (Å²) in [6.07, 6.45) is 4.42. The zero-order chi connectivity index (χ0) is 25.5. The number of ether oxygens (including phenoxy) is 2. The Bertz CT molecular complexity index is 1160. The van der Waals surface area contributed by atoms with Crippen LogP contribution in [0.25, 0.3) is 11.1 Å². The molecule has 1 amide bonds. The lowest BCUT2D eigenvalue weighted by molar-refractivity contribution is -0.121. The predicted octanol–water partition coefficient (Wildman–Crippen LogP) is 3.96. The van der Waals surface area contributed by atoms with Gasteiger partial charge >= 0.3 is 6.61 Å². The number of aryl methyl sites for hydroxylation is 1. The van der Waals surface area contributed by atoms with Crippen molar-refractivity contribution in [3.05, 3.63) is 66.0 Å². The molecule has 1 N–H and O–H groups in total. The van der Waals surface area contributed by atoms with Crippen LogP contribution < -0.4 is 15.0 Å². The fourth-order valence-corrected chi connectivity index (χ4v) is 4.21. The van der Waals surface area contributed by atoms with Crippen molar-refractivity contribution in [2.75, 3.05) is 43.6 Å². The van der Waals surface area contributed by atoms with Crippen molar-refractivity contribution >= 4 is 18.0 Å². The van der Waals surface area contributed by atoms with E-state index in [-0.39, 0.29) is 11.8 Å². The van der Waals surface area contributed by atoms with Gasteiger partial charge in [-0.2, -0.15) is 8.78 Å². The quantitative estimate of drug-likeness (QED) is 0.425. The van der Waals surface area contributed by atoms with Crippen LogP contribution in [0.5, 0.6) is 5.75 Å². The summed E-state index contributed by atoms with van der Waals surface area (Å²) in [6.45, 7) is 1.71. The minimum absolute atomic E-state index is 0.0496. The number of aromatic nitrogens is 2. The van der Waals surface area contributed by atoms with Crippen LogP contribution in [0.15, 0.2) is 54.9 Å². The summed E-state index contributed by atoms with van der Waals surface area (Å²) in [5.41, 5.74) is 4.30. The van der Waals surface area contributed by atoms with Gasteiger partial charge in [-0.15, -0.1) is 0 Å². The highest BCUT2D eigenvalue weighted by Gasteiger charge is 2.27. The van der Waals surface area contributed by atoms with Crippen LogP contribution in [-0.2, 0) is 16.1 Å². The van der Waals surface area contributed by atoms with Gasteiger partial charge < -0.3 is 24.6 Å². The van der Waals surface area contributed by atoms with Gasteiger partial charge in [0.1, 0.15) is 5.75 Å². The summed E-state index contributed by atoms with van der Waals surface area (Å²) in [7, 11) is 1.62. The van der Waals surface area contributed by atoms with Gasteiger partial charge in [0.25, 0.3) is 0 Å². The van der Waals surface area contributed by atoms with E-state index < -0.39 is 6.61 Å². The van der Waals surface area contributed by atoms with E-state index in [1.165, 1.54) is 6.07 Å². The van der Waals surface area contributed by atoms with Crippen molar-refractivity contribution in [1.82, 2.24) is 14.9 Å². The maximum atomic E-state index is 12.7. The second-order valence-electron chi connectivity index (χ2n) is 8.54. The molecule has 3 aromatic rings. The van der Waals surface area contributed by atoms with Crippen LogP contribution in [0, 0.1) is 6.92 Å². The number of nitrogens with one attached hydrogen (secondary N) is 1. The van der Waals surface area contributed by atoms with Crippen LogP contribution in [-0.4, -0.2) is 67.3 Å². The SMILES string of the molecule is COCC1CN(c2ncc(-c3ccc(C)c(NCc4ccccc4OC(F)F)c3)cn2)CCN1C=O. The molecule has 0 saturated carbocycles. The fourth-order valence-electron chi connectivity index (χ4n) is 4.21. The monoisotopic (exact) mass is 497 g/mol. The van der Waals surface area contributed by atoms with Crippen LogP contribution in [0.2, 0.25) is 0 Å². The number of alkyl halides is 2. The number of para-hydroxylation sites is 1. The smallest absolute Gasteiger partial charge is 0.387 e. The molecular weight excluding hydrogens is 468 g/mol. The number of anilines is 2. The molecule has 1 fully saturated rings. The molecule has 1 saturated heterocycles. The third-order valence-corrected chi connectivity index (χ3v) is 6.17. The largest absolute Gasteiger partial charge is 0.434 e. The molecule has 2 heterocycles. The van der Waals surface area contributed by atoms with E-state index in [1.807, 2.05) is 25.1 Å². The number of amides is 1. The summed E-state index contributed by atoms with van der Waals surface area (Å²) >= 11 is 0. The number of benzene rings is 2. The average Bonchev–Trinajstić information content (AvgIpc) is 2.89. The fraction of sp³-hybridized carbons (Fsp3) is 0.346. The predicted molar refractivity (Wildman–Crippen MR) is 133 cm³/mol. The van der Waals surface area contributed by atoms with E-state index in [2.05, 4.69) is 24.9 Å². The molecule has 2 aromatic carbocycles. The van der Waals surface area contributed by atoms with Crippen molar-refractivity contribution in [1.29, 1.82) is 0 Å². The summed E-state index contributed by atoms with van der Waals surface area (Å²) in [5, 5.41) is 3.32. The molecule has 8 nitrogen and oxygen atoms in total. The number of hydrogen-bond donors (Lipinski definition) is 1. The lowest BCUT2D eigenvalue weighted by Gasteiger charge is -2.39. The number of halogens is 2. The Balaban J connectivity index is 1.46. The molecule has 0 aliphatic carbocycles. The Morgan fingerprint density at radius 3 is 2.64 bits per heavy atom. The van der Waals surface area contributed by atoms with Gasteiger partial charge in [-0.1, -0.05) is 30.3 Å². The molecule has 0 radical (unpaired) electrons. The first kappa shape index (κ1) is 25.3. The van der Waals surface area contributed by atoms with Gasteiger partial charge in [-0.3, -0.25) is 4.79 Å². The first-order valence-electron chi connectivity index (χ1n) is 11.6. The van der Waals surface area contributed by atoms with Crippen molar-refractivity contribution in [3.8, 4) is 16.9 Å². The number of methoxy groups -OCH3 is 1. The first-order chi connectivity index (χ1) is 17.5. The van der Waals surface area contributed by atoms with E-state index in [0.717, 1.165) is 28.8 Å². The summed E-state index contributed by atoms with van der Waals surface area (Å²) in [4.78, 5) is 24.2. The molecule has 4 rings (SSSR count). The average molecular weight is 498 g/mol. The Kier molecular flexibility index (Phi) is 8.27. The second-order valence-corrected chi connectivity index (χ2v) is 8.54. The second kappa shape index (κ2) is 11.8. The Labute approximate surface area is 208 Å². The minimum atomic E-state index is -2.88. The highest BCUT2D eigenvalue weighted by Crippen LogP contribution is 2.27. The minimum Gasteiger partial charge on any atom is -0.434 e. The molecular formula is C26H29F2N5O3. The zero-order valence-corrected chi connectivity index (χ0v) is 20.2. The zero-order valence-electron chi connectivity index (χ0n) is 20.2. The number of rotatable bonds is 10. The van der Waals surface area contributed by atoms with E-state index in [0.29, 0.717) is 44.3 Å². The summed E-state index contributed by atoms with van der Waals surface area (Å²) in [6, 6.07) is 12.6. The molecule has 10 heteroatoms. The maximum Gasteiger partial charge on any atom is 0.387 e. The molecule has 1 aliphatic rings. The number of carbonyl (C=O) groups is 1. The lowest BCUT2D eigenvalue weighted by atomic mass is 10.0. The molecule has 1 atom stereocenters. The standard InChI is InChI=1S/C26H29F2N5O3/c1-18-7-8-19(11-23(18)29-12-20-5-3-4-6-24(20)36-25(27)28)21-13-30-26(31-14-21)32-9-10-33(17-34)22(15-32)16-35-2/h3-8,11,13-14,17,22,25,29H,9-10,12,15-16H2,1-2H3. The van der Waals surface area contributed by atoms with E-state index in [9.17, 15) is 13.6 Å². The van der Waals surface area contributed by atoms with Crippen molar-refractivity contribution < 1.29 is 23.0 Å². The Morgan fingerprint density at radius 1 is 1.14 bits per heavy atom. The summed E-state index contributed by atoms with van der Waals surface area (Å²) < 4.78 is 35.3. The van der Waals surface area contributed by atoms with Crippen LogP contribution in [0.4, 0.5) is 20.4 Å². The van der Waals surface area contributed by atoms with Gasteiger partial charge in [0.05, 0.1) is 12.6 Å². The topological polar surface area (TPSA) is 79.8 Å². The van der Waals surface area contributed by atoms with Gasteiger partial charge in [-0.05, 0) is 30.2 Å². The van der Waals surface area contributed by atoms with Gasteiger partial charge in [0.15, 0.2) is 0 Å². The van der Waals surface area contributed by atoms with E-state index in [4.69, 9.17) is 4.74 Å². The van der Waals surface area contributed by atoms with Crippen molar-refractivity contribution in [2.24, 2.45) is 0 Å². The normalized spacial score (nSPS) is 15.8. The highest BCUT2D eigenvalue weighted by atomic mass is 19.3. The molecule has 36 heavy (non-hydrogen) atoms. The first-order valence-corrected chi connectivity index (χ1v) is 11.6. The molecule has 0 spiro atoms. The van der Waals surface area contributed by atoms with Crippen molar-refractivity contribution in [2.45, 2.75) is 26.1 Å². The van der Waals surface area contributed by atoms with Gasteiger partial charge in [-0.25, -0.2) is 9.97 Å². The number of piperazine rings is 1. The van der Waals surface area contributed by atoms with Crippen LogP contribution >= 0.6 is 0 Å². The molecule has 190 valence electrons. The Morgan fingerprint density at radius 2 is 1.92 bits per heavy atom. The third kappa shape index (κ3) is 6.06. The van der Waals surface area contributed by atoms with Crippen molar-refractivity contribution in [3.63, 3.8) is 0 Å². The van der Waals surface area contributed by atoms with Gasteiger partial charge in [0.2, 0.25) is 12.4 Å². The molecule has 1 aliphatic heterocycles. The van der Waals surface area contributed by atoms with Crippen LogP contribution in [0.1, 0.15) is 11.1 Å². The maximum absolute atomic E-state index is 12.7. The Hall–Kier alpha value is -3.79. The molecule has 0 bridgehead atoms. The molecule has 1 aromatic heterocycles. The van der Waals surface area contributed by atoms with Crippen LogP contribution in [0.3, 0.4) is 0 Å². The number of nitrogens with zero attached hydrogens (tertiary/aromatic N) is 4. The highest BCUT2D eigenvalue weighted by molar-refractivity contribution is 5.69. The summed E-state index contributed by atoms with van der Waals surface area (Å²) in [5.74, 6) is 0.756.